The second-order valence-electron chi connectivity index (χ2n) is 7.67. The monoisotopic (exact) mass is 450 g/mol. The summed E-state index contributed by atoms with van der Waals surface area (Å²) in [5.74, 6) is -0.408. The normalized spacial score (nSPS) is 14.2. The molecule has 1 fully saturated rings. The van der Waals surface area contributed by atoms with Crippen molar-refractivity contribution < 1.29 is 9.72 Å². The summed E-state index contributed by atoms with van der Waals surface area (Å²) in [4.78, 5) is 28.3. The molecule has 0 saturated carbocycles. The SMILES string of the molecule is O=C(Nc1ccc(Cl)cc1)c1ccc(N2CCN(Cc3ccccc3)CC2)c([N+](=O)[O-])c1. The third-order valence-electron chi connectivity index (χ3n) is 5.50. The lowest BCUT2D eigenvalue weighted by molar-refractivity contribution is -0.384. The maximum Gasteiger partial charge on any atom is 0.293 e. The molecule has 0 aliphatic carbocycles. The zero-order valence-corrected chi connectivity index (χ0v) is 18.2. The van der Waals surface area contributed by atoms with Crippen molar-refractivity contribution in [1.82, 2.24) is 4.90 Å². The Balaban J connectivity index is 1.44. The van der Waals surface area contributed by atoms with Gasteiger partial charge in [-0.3, -0.25) is 19.8 Å². The molecule has 0 atom stereocenters. The van der Waals surface area contributed by atoms with Crippen LogP contribution < -0.4 is 10.2 Å². The van der Waals surface area contributed by atoms with Crippen LogP contribution in [0.2, 0.25) is 5.02 Å². The van der Waals surface area contributed by atoms with E-state index in [2.05, 4.69) is 22.3 Å². The van der Waals surface area contributed by atoms with Crippen LogP contribution in [0, 0.1) is 10.1 Å². The zero-order valence-electron chi connectivity index (χ0n) is 17.4. The summed E-state index contributed by atoms with van der Waals surface area (Å²) in [6, 6.07) is 21.6. The molecule has 3 aromatic carbocycles. The summed E-state index contributed by atoms with van der Waals surface area (Å²) < 4.78 is 0. The standard InChI is InChI=1S/C24H23ClN4O3/c25-20-7-9-21(10-8-20)26-24(30)19-6-11-22(23(16-19)29(31)32)28-14-12-27(13-15-28)17-18-4-2-1-3-5-18/h1-11,16H,12-15,17H2,(H,26,30). The minimum absolute atomic E-state index is 0.0646. The molecule has 0 radical (unpaired) electrons. The van der Waals surface area contributed by atoms with Crippen LogP contribution >= 0.6 is 11.6 Å². The van der Waals surface area contributed by atoms with E-state index in [0.29, 0.717) is 29.5 Å². The first-order chi connectivity index (χ1) is 15.5. The van der Waals surface area contributed by atoms with Crippen molar-refractivity contribution >= 4 is 34.6 Å². The van der Waals surface area contributed by atoms with Crippen LogP contribution in [-0.2, 0) is 6.54 Å². The Labute approximate surface area is 191 Å². The van der Waals surface area contributed by atoms with Gasteiger partial charge in [-0.2, -0.15) is 0 Å². The first kappa shape index (κ1) is 21.8. The number of nitro benzene ring substituents is 1. The van der Waals surface area contributed by atoms with Crippen LogP contribution in [0.4, 0.5) is 17.1 Å². The third-order valence-corrected chi connectivity index (χ3v) is 5.75. The topological polar surface area (TPSA) is 78.7 Å². The minimum Gasteiger partial charge on any atom is -0.363 e. The number of nitrogens with one attached hydrogen (secondary N) is 1. The first-order valence-corrected chi connectivity index (χ1v) is 10.7. The number of anilines is 2. The largest absolute Gasteiger partial charge is 0.363 e. The average Bonchev–Trinajstić information content (AvgIpc) is 2.81. The fourth-order valence-electron chi connectivity index (χ4n) is 3.80. The van der Waals surface area contributed by atoms with E-state index >= 15 is 0 Å². The molecule has 0 aromatic heterocycles. The molecule has 0 spiro atoms. The number of nitro groups is 1. The fraction of sp³-hybridized carbons (Fsp3) is 0.208. The number of benzene rings is 3. The molecule has 164 valence electrons. The maximum absolute atomic E-state index is 12.6. The molecule has 1 aliphatic heterocycles. The molecular formula is C24H23ClN4O3. The van der Waals surface area contributed by atoms with E-state index in [4.69, 9.17) is 11.6 Å². The predicted molar refractivity (Wildman–Crippen MR) is 126 cm³/mol. The third kappa shape index (κ3) is 5.25. The summed E-state index contributed by atoms with van der Waals surface area (Å²) in [7, 11) is 0. The zero-order chi connectivity index (χ0) is 22.5. The first-order valence-electron chi connectivity index (χ1n) is 10.4. The van der Waals surface area contributed by atoms with Gasteiger partial charge in [0.1, 0.15) is 5.69 Å². The summed E-state index contributed by atoms with van der Waals surface area (Å²) in [5, 5.41) is 15.1. The Hall–Kier alpha value is -3.42. The van der Waals surface area contributed by atoms with Crippen molar-refractivity contribution in [2.24, 2.45) is 0 Å². The highest BCUT2D eigenvalue weighted by Crippen LogP contribution is 2.30. The van der Waals surface area contributed by atoms with E-state index in [1.165, 1.54) is 11.6 Å². The van der Waals surface area contributed by atoms with E-state index in [1.54, 1.807) is 36.4 Å². The molecule has 1 amide bonds. The summed E-state index contributed by atoms with van der Waals surface area (Å²) in [6.07, 6.45) is 0. The number of carbonyl (C=O) groups excluding carboxylic acids is 1. The van der Waals surface area contributed by atoms with Gasteiger partial charge in [0.25, 0.3) is 11.6 Å². The number of rotatable bonds is 6. The Morgan fingerprint density at radius 1 is 0.969 bits per heavy atom. The van der Waals surface area contributed by atoms with E-state index < -0.39 is 10.8 Å². The van der Waals surface area contributed by atoms with Crippen LogP contribution in [-0.4, -0.2) is 41.9 Å². The Kier molecular flexibility index (Phi) is 6.68. The van der Waals surface area contributed by atoms with Crippen molar-refractivity contribution in [2.45, 2.75) is 6.54 Å². The van der Waals surface area contributed by atoms with Gasteiger partial charge in [0, 0.05) is 55.1 Å². The average molecular weight is 451 g/mol. The molecule has 1 N–H and O–H groups in total. The van der Waals surface area contributed by atoms with Gasteiger partial charge in [-0.25, -0.2) is 0 Å². The van der Waals surface area contributed by atoms with E-state index in [9.17, 15) is 14.9 Å². The fourth-order valence-corrected chi connectivity index (χ4v) is 3.93. The van der Waals surface area contributed by atoms with E-state index in [0.717, 1.165) is 19.6 Å². The number of piperazine rings is 1. The molecule has 1 saturated heterocycles. The highest BCUT2D eigenvalue weighted by atomic mass is 35.5. The van der Waals surface area contributed by atoms with Crippen LogP contribution in [0.1, 0.15) is 15.9 Å². The number of amides is 1. The molecular weight excluding hydrogens is 428 g/mol. The molecule has 0 unspecified atom stereocenters. The second-order valence-corrected chi connectivity index (χ2v) is 8.11. The molecule has 1 aliphatic rings. The van der Waals surface area contributed by atoms with Crippen LogP contribution in [0.25, 0.3) is 0 Å². The minimum atomic E-state index is -0.426. The van der Waals surface area contributed by atoms with Gasteiger partial charge in [0.15, 0.2) is 0 Å². The summed E-state index contributed by atoms with van der Waals surface area (Å²) in [6.45, 7) is 3.85. The number of hydrogen-bond acceptors (Lipinski definition) is 5. The van der Waals surface area contributed by atoms with E-state index in [-0.39, 0.29) is 11.3 Å². The van der Waals surface area contributed by atoms with Crippen molar-refractivity contribution in [3.05, 3.63) is 99.1 Å². The van der Waals surface area contributed by atoms with Gasteiger partial charge in [-0.05, 0) is 42.0 Å². The van der Waals surface area contributed by atoms with Gasteiger partial charge < -0.3 is 10.2 Å². The second kappa shape index (κ2) is 9.80. The lowest BCUT2D eigenvalue weighted by atomic mass is 10.1. The van der Waals surface area contributed by atoms with Gasteiger partial charge in [0.05, 0.1) is 4.92 Å². The molecule has 0 bridgehead atoms. The van der Waals surface area contributed by atoms with Gasteiger partial charge in [-0.1, -0.05) is 41.9 Å². The van der Waals surface area contributed by atoms with Crippen molar-refractivity contribution in [3.8, 4) is 0 Å². The van der Waals surface area contributed by atoms with Gasteiger partial charge in [0.2, 0.25) is 0 Å². The van der Waals surface area contributed by atoms with Crippen molar-refractivity contribution in [1.29, 1.82) is 0 Å². The quantitative estimate of drug-likeness (QED) is 0.430. The number of halogens is 1. The maximum atomic E-state index is 12.6. The smallest absolute Gasteiger partial charge is 0.293 e. The van der Waals surface area contributed by atoms with Crippen molar-refractivity contribution in [2.75, 3.05) is 36.4 Å². The number of hydrogen-bond donors (Lipinski definition) is 1. The molecule has 32 heavy (non-hydrogen) atoms. The molecule has 1 heterocycles. The van der Waals surface area contributed by atoms with E-state index in [1.807, 2.05) is 23.1 Å². The number of nitrogens with zero attached hydrogens (tertiary/aromatic N) is 3. The Morgan fingerprint density at radius 3 is 2.31 bits per heavy atom. The number of carbonyl (C=O) groups is 1. The van der Waals surface area contributed by atoms with Crippen molar-refractivity contribution in [3.63, 3.8) is 0 Å². The van der Waals surface area contributed by atoms with Gasteiger partial charge >= 0.3 is 0 Å². The molecule has 7 nitrogen and oxygen atoms in total. The highest BCUT2D eigenvalue weighted by Gasteiger charge is 2.25. The molecule has 8 heteroatoms. The van der Waals surface area contributed by atoms with Crippen LogP contribution in [0.3, 0.4) is 0 Å². The summed E-state index contributed by atoms with van der Waals surface area (Å²) in [5.41, 5.74) is 2.53. The highest BCUT2D eigenvalue weighted by molar-refractivity contribution is 6.30. The van der Waals surface area contributed by atoms with Crippen LogP contribution in [0.5, 0.6) is 0 Å². The lowest BCUT2D eigenvalue weighted by Crippen LogP contribution is -2.46. The Morgan fingerprint density at radius 2 is 1.66 bits per heavy atom. The molecule has 4 rings (SSSR count). The summed E-state index contributed by atoms with van der Waals surface area (Å²) >= 11 is 5.87. The van der Waals surface area contributed by atoms with Gasteiger partial charge in [-0.15, -0.1) is 0 Å². The predicted octanol–water partition coefficient (Wildman–Crippen LogP) is 4.82. The molecule has 3 aromatic rings. The Bertz CT molecular complexity index is 1100. The van der Waals surface area contributed by atoms with Crippen LogP contribution in [0.15, 0.2) is 72.8 Å². The lowest BCUT2D eigenvalue weighted by Gasteiger charge is -2.35.